The number of aromatic nitrogens is 1. The van der Waals surface area contributed by atoms with Crippen LogP contribution in [0.1, 0.15) is 6.42 Å². The van der Waals surface area contributed by atoms with Crippen LogP contribution in [0.4, 0.5) is 11.5 Å². The minimum absolute atomic E-state index is 0.540. The molecule has 0 radical (unpaired) electrons. The Morgan fingerprint density at radius 2 is 2.50 bits per heavy atom. The molecule has 0 aliphatic carbocycles. The van der Waals surface area contributed by atoms with E-state index in [-0.39, 0.29) is 0 Å². The smallest absolute Gasteiger partial charge is 0.125 e. The van der Waals surface area contributed by atoms with Crippen LogP contribution in [0.3, 0.4) is 0 Å². The zero-order chi connectivity index (χ0) is 8.81. The van der Waals surface area contributed by atoms with Gasteiger partial charge in [0.2, 0.25) is 0 Å². The van der Waals surface area contributed by atoms with Crippen molar-refractivity contribution in [3.05, 3.63) is 31.0 Å². The maximum Gasteiger partial charge on any atom is 0.125 e. The molecule has 1 rings (SSSR count). The highest BCUT2D eigenvalue weighted by Gasteiger charge is 1.90. The van der Waals surface area contributed by atoms with Gasteiger partial charge in [0.1, 0.15) is 5.82 Å². The number of nitrogen functional groups attached to an aromatic ring is 1. The molecule has 3 N–H and O–H groups in total. The predicted molar refractivity (Wildman–Crippen MR) is 52.0 cm³/mol. The number of nitrogens with zero attached hydrogens (tertiary/aromatic N) is 1. The first kappa shape index (κ1) is 8.59. The standard InChI is InChI=1S/C9H13N3/c1-2-3-5-11-8-4-6-12-9(10)7-8/h2,4,6-7H,1,3,5H2,(H3,10,11,12). The van der Waals surface area contributed by atoms with E-state index < -0.39 is 0 Å². The van der Waals surface area contributed by atoms with E-state index in [4.69, 9.17) is 5.73 Å². The lowest BCUT2D eigenvalue weighted by Gasteiger charge is -2.03. The van der Waals surface area contributed by atoms with E-state index in [0.29, 0.717) is 5.82 Å². The van der Waals surface area contributed by atoms with Gasteiger partial charge in [-0.05, 0) is 12.5 Å². The van der Waals surface area contributed by atoms with Crippen molar-refractivity contribution in [2.24, 2.45) is 0 Å². The van der Waals surface area contributed by atoms with Gasteiger partial charge in [0.15, 0.2) is 0 Å². The maximum atomic E-state index is 5.49. The van der Waals surface area contributed by atoms with Crippen molar-refractivity contribution in [1.82, 2.24) is 4.98 Å². The highest BCUT2D eigenvalue weighted by molar-refractivity contribution is 5.49. The summed E-state index contributed by atoms with van der Waals surface area (Å²) >= 11 is 0. The molecule has 0 aliphatic rings. The molecule has 0 bridgehead atoms. The molecule has 0 aromatic carbocycles. The second kappa shape index (κ2) is 4.38. The predicted octanol–water partition coefficient (Wildman–Crippen LogP) is 1.65. The fourth-order valence-electron chi connectivity index (χ4n) is 0.877. The van der Waals surface area contributed by atoms with Crippen molar-refractivity contribution < 1.29 is 0 Å². The van der Waals surface area contributed by atoms with Crippen molar-refractivity contribution in [2.75, 3.05) is 17.6 Å². The van der Waals surface area contributed by atoms with Gasteiger partial charge in [0.05, 0.1) is 0 Å². The average molecular weight is 163 g/mol. The van der Waals surface area contributed by atoms with Gasteiger partial charge in [-0.2, -0.15) is 0 Å². The van der Waals surface area contributed by atoms with Crippen molar-refractivity contribution in [3.63, 3.8) is 0 Å². The van der Waals surface area contributed by atoms with Gasteiger partial charge in [0.25, 0.3) is 0 Å². The summed E-state index contributed by atoms with van der Waals surface area (Å²) in [6.45, 7) is 4.51. The Labute approximate surface area is 72.3 Å². The number of nitrogens with one attached hydrogen (secondary N) is 1. The summed E-state index contributed by atoms with van der Waals surface area (Å²) in [6.07, 6.45) is 4.51. The summed E-state index contributed by atoms with van der Waals surface area (Å²) in [7, 11) is 0. The van der Waals surface area contributed by atoms with Crippen LogP contribution in [0.25, 0.3) is 0 Å². The SMILES string of the molecule is C=CCCNc1ccnc(N)c1. The molecule has 3 heteroatoms. The Morgan fingerprint density at radius 1 is 1.67 bits per heavy atom. The van der Waals surface area contributed by atoms with E-state index in [1.165, 1.54) is 0 Å². The molecule has 0 spiro atoms. The Kier molecular flexibility index (Phi) is 3.14. The third-order valence-electron chi connectivity index (χ3n) is 1.46. The number of hydrogen-bond donors (Lipinski definition) is 2. The fourth-order valence-corrected chi connectivity index (χ4v) is 0.877. The highest BCUT2D eigenvalue weighted by atomic mass is 14.9. The first-order valence-electron chi connectivity index (χ1n) is 3.89. The minimum Gasteiger partial charge on any atom is -0.385 e. The Bertz CT molecular complexity index is 258. The van der Waals surface area contributed by atoms with Crippen LogP contribution < -0.4 is 11.1 Å². The van der Waals surface area contributed by atoms with Crippen molar-refractivity contribution in [1.29, 1.82) is 0 Å². The van der Waals surface area contributed by atoms with Gasteiger partial charge in [-0.15, -0.1) is 6.58 Å². The van der Waals surface area contributed by atoms with Crippen molar-refractivity contribution >= 4 is 11.5 Å². The third kappa shape index (κ3) is 2.62. The normalized spacial score (nSPS) is 9.33. The molecule has 0 unspecified atom stereocenters. The first-order valence-corrected chi connectivity index (χ1v) is 3.89. The number of rotatable bonds is 4. The van der Waals surface area contributed by atoms with Gasteiger partial charge >= 0.3 is 0 Å². The van der Waals surface area contributed by atoms with Crippen molar-refractivity contribution in [2.45, 2.75) is 6.42 Å². The number of anilines is 2. The summed E-state index contributed by atoms with van der Waals surface area (Å²) in [5.74, 6) is 0.540. The largest absolute Gasteiger partial charge is 0.385 e. The molecule has 64 valence electrons. The summed E-state index contributed by atoms with van der Waals surface area (Å²) in [5.41, 5.74) is 6.50. The monoisotopic (exact) mass is 163 g/mol. The second-order valence-corrected chi connectivity index (χ2v) is 2.47. The molecule has 3 nitrogen and oxygen atoms in total. The summed E-state index contributed by atoms with van der Waals surface area (Å²) in [5, 5.41) is 3.20. The van der Waals surface area contributed by atoms with Crippen molar-refractivity contribution in [3.8, 4) is 0 Å². The van der Waals surface area contributed by atoms with E-state index in [9.17, 15) is 0 Å². The number of nitrogens with two attached hydrogens (primary N) is 1. The van der Waals surface area contributed by atoms with Crippen LogP contribution in [-0.2, 0) is 0 Å². The van der Waals surface area contributed by atoms with Crippen LogP contribution in [0, 0.1) is 0 Å². The van der Waals surface area contributed by atoms with E-state index in [1.807, 2.05) is 18.2 Å². The van der Waals surface area contributed by atoms with Gasteiger partial charge in [-0.3, -0.25) is 0 Å². The topological polar surface area (TPSA) is 50.9 Å². The van der Waals surface area contributed by atoms with Crippen LogP contribution in [0.15, 0.2) is 31.0 Å². The van der Waals surface area contributed by atoms with Crippen LogP contribution >= 0.6 is 0 Å². The average Bonchev–Trinajstić information content (AvgIpc) is 2.05. The summed E-state index contributed by atoms with van der Waals surface area (Å²) < 4.78 is 0. The lowest BCUT2D eigenvalue weighted by atomic mass is 10.3. The van der Waals surface area contributed by atoms with Crippen LogP contribution in [0.2, 0.25) is 0 Å². The lowest BCUT2D eigenvalue weighted by Crippen LogP contribution is -2.01. The van der Waals surface area contributed by atoms with Gasteiger partial charge in [-0.1, -0.05) is 6.08 Å². The number of hydrogen-bond acceptors (Lipinski definition) is 3. The quantitative estimate of drug-likeness (QED) is 0.524. The molecule has 0 amide bonds. The zero-order valence-corrected chi connectivity index (χ0v) is 6.96. The Balaban J connectivity index is 2.46. The van der Waals surface area contributed by atoms with Gasteiger partial charge in [-0.25, -0.2) is 4.98 Å². The van der Waals surface area contributed by atoms with Gasteiger partial charge < -0.3 is 11.1 Å². The van der Waals surface area contributed by atoms with E-state index in [1.54, 1.807) is 6.20 Å². The molecule has 1 heterocycles. The Hall–Kier alpha value is -1.51. The Morgan fingerprint density at radius 3 is 3.17 bits per heavy atom. The first-order chi connectivity index (χ1) is 5.83. The maximum absolute atomic E-state index is 5.49. The van der Waals surface area contributed by atoms with Gasteiger partial charge in [0, 0.05) is 24.5 Å². The van der Waals surface area contributed by atoms with Crippen LogP contribution in [-0.4, -0.2) is 11.5 Å². The highest BCUT2D eigenvalue weighted by Crippen LogP contribution is 2.08. The number of pyridine rings is 1. The zero-order valence-electron chi connectivity index (χ0n) is 6.96. The molecule has 0 atom stereocenters. The molecular formula is C9H13N3. The molecule has 0 fully saturated rings. The van der Waals surface area contributed by atoms with E-state index in [0.717, 1.165) is 18.7 Å². The summed E-state index contributed by atoms with van der Waals surface area (Å²) in [4.78, 5) is 3.89. The molecule has 1 aromatic heterocycles. The van der Waals surface area contributed by atoms with Crippen LogP contribution in [0.5, 0.6) is 0 Å². The molecule has 0 saturated carbocycles. The summed E-state index contributed by atoms with van der Waals surface area (Å²) in [6, 6.07) is 3.70. The van der Waals surface area contributed by atoms with E-state index in [2.05, 4.69) is 16.9 Å². The molecule has 0 aliphatic heterocycles. The second-order valence-electron chi connectivity index (χ2n) is 2.47. The minimum atomic E-state index is 0.540. The lowest BCUT2D eigenvalue weighted by molar-refractivity contribution is 1.07. The molecule has 12 heavy (non-hydrogen) atoms. The molecule has 1 aromatic rings. The molecule has 0 saturated heterocycles. The molecular weight excluding hydrogens is 150 g/mol. The third-order valence-corrected chi connectivity index (χ3v) is 1.46. The fraction of sp³-hybridized carbons (Fsp3) is 0.222. The van der Waals surface area contributed by atoms with E-state index >= 15 is 0 Å².